The Balaban J connectivity index is 1.62. The molecular weight excluding hydrogens is 382 g/mol. The van der Waals surface area contributed by atoms with E-state index in [-0.39, 0.29) is 11.8 Å². The van der Waals surface area contributed by atoms with Gasteiger partial charge in [-0.3, -0.25) is 9.59 Å². The van der Waals surface area contributed by atoms with Crippen LogP contribution in [0.2, 0.25) is 0 Å². The third kappa shape index (κ3) is 5.18. The van der Waals surface area contributed by atoms with Gasteiger partial charge in [-0.2, -0.15) is 0 Å². The summed E-state index contributed by atoms with van der Waals surface area (Å²) in [5.74, 6) is 0.959. The Morgan fingerprint density at radius 2 is 1.53 bits per heavy atom. The number of carbonyl (C=O) groups excluding carboxylic acids is 2. The minimum absolute atomic E-state index is 0.0177. The van der Waals surface area contributed by atoms with Gasteiger partial charge in [0.15, 0.2) is 0 Å². The molecule has 2 aromatic rings. The molecule has 1 aliphatic rings. The molecule has 158 valence electrons. The summed E-state index contributed by atoms with van der Waals surface area (Å²) < 4.78 is 10.7. The van der Waals surface area contributed by atoms with Crippen LogP contribution in [0.1, 0.15) is 15.9 Å². The van der Waals surface area contributed by atoms with Gasteiger partial charge in [-0.25, -0.2) is 0 Å². The van der Waals surface area contributed by atoms with Gasteiger partial charge in [0.05, 0.1) is 19.8 Å². The van der Waals surface area contributed by atoms with E-state index in [1.54, 1.807) is 56.7 Å². The fourth-order valence-corrected chi connectivity index (χ4v) is 3.28. The average molecular weight is 409 g/mol. The highest BCUT2D eigenvalue weighted by molar-refractivity contribution is 6.02. The first-order valence-electron chi connectivity index (χ1n) is 9.79. The average Bonchev–Trinajstić information content (AvgIpc) is 2.78. The number of amides is 2. The first-order valence-corrected chi connectivity index (χ1v) is 9.79. The van der Waals surface area contributed by atoms with Crippen LogP contribution in [0.15, 0.2) is 48.5 Å². The van der Waals surface area contributed by atoms with Crippen molar-refractivity contribution in [1.29, 1.82) is 0 Å². The van der Waals surface area contributed by atoms with E-state index in [1.165, 1.54) is 6.08 Å². The summed E-state index contributed by atoms with van der Waals surface area (Å²) in [4.78, 5) is 29.0. The summed E-state index contributed by atoms with van der Waals surface area (Å²) in [6.07, 6.45) is 3.07. The lowest BCUT2D eigenvalue weighted by molar-refractivity contribution is -0.111. The normalized spacial score (nSPS) is 14.6. The minimum Gasteiger partial charge on any atom is -0.496 e. The lowest BCUT2D eigenvalue weighted by Gasteiger charge is -2.32. The topological polar surface area (TPSA) is 71.1 Å². The lowest BCUT2D eigenvalue weighted by Crippen LogP contribution is -2.47. The molecule has 0 atom stereocenters. The Bertz CT molecular complexity index is 894. The third-order valence-corrected chi connectivity index (χ3v) is 5.06. The van der Waals surface area contributed by atoms with E-state index >= 15 is 0 Å². The largest absolute Gasteiger partial charge is 0.496 e. The van der Waals surface area contributed by atoms with Gasteiger partial charge in [0.2, 0.25) is 5.91 Å². The van der Waals surface area contributed by atoms with Crippen LogP contribution in [0, 0.1) is 0 Å². The zero-order chi connectivity index (χ0) is 21.5. The van der Waals surface area contributed by atoms with Crippen LogP contribution in [0.5, 0.6) is 11.5 Å². The van der Waals surface area contributed by atoms with Crippen molar-refractivity contribution in [1.82, 2.24) is 9.80 Å². The van der Waals surface area contributed by atoms with Crippen LogP contribution in [0.25, 0.3) is 6.08 Å². The van der Waals surface area contributed by atoms with Crippen LogP contribution < -0.4 is 14.8 Å². The summed E-state index contributed by atoms with van der Waals surface area (Å²) in [6.45, 7) is 3.21. The van der Waals surface area contributed by atoms with Gasteiger partial charge in [-0.1, -0.05) is 6.07 Å². The molecule has 0 aliphatic carbocycles. The number of benzene rings is 2. The summed E-state index contributed by atoms with van der Waals surface area (Å²) in [5, 5.41) is 2.80. The molecule has 0 aromatic heterocycles. The van der Waals surface area contributed by atoms with Crippen LogP contribution >= 0.6 is 0 Å². The Morgan fingerprint density at radius 1 is 0.933 bits per heavy atom. The third-order valence-electron chi connectivity index (χ3n) is 5.06. The first kappa shape index (κ1) is 21.4. The van der Waals surface area contributed by atoms with E-state index in [0.717, 1.165) is 26.2 Å². The molecule has 0 bridgehead atoms. The minimum atomic E-state index is -0.291. The van der Waals surface area contributed by atoms with E-state index in [4.69, 9.17) is 9.47 Å². The molecule has 1 saturated heterocycles. The van der Waals surface area contributed by atoms with Gasteiger partial charge >= 0.3 is 0 Å². The van der Waals surface area contributed by atoms with Crippen molar-refractivity contribution < 1.29 is 19.1 Å². The van der Waals surface area contributed by atoms with E-state index in [9.17, 15) is 9.59 Å². The predicted octanol–water partition coefficient (Wildman–Crippen LogP) is 2.74. The van der Waals surface area contributed by atoms with Gasteiger partial charge in [0.25, 0.3) is 5.91 Å². The Labute approximate surface area is 176 Å². The highest BCUT2D eigenvalue weighted by atomic mass is 16.5. The van der Waals surface area contributed by atoms with Crippen LogP contribution in [-0.2, 0) is 4.79 Å². The first-order chi connectivity index (χ1) is 14.5. The molecule has 0 unspecified atom stereocenters. The van der Waals surface area contributed by atoms with Crippen molar-refractivity contribution in [3.05, 3.63) is 59.7 Å². The number of methoxy groups -OCH3 is 2. The molecule has 1 N–H and O–H groups in total. The van der Waals surface area contributed by atoms with Crippen molar-refractivity contribution in [2.24, 2.45) is 0 Å². The zero-order valence-corrected chi connectivity index (χ0v) is 17.6. The van der Waals surface area contributed by atoms with Gasteiger partial charge < -0.3 is 24.6 Å². The van der Waals surface area contributed by atoms with Crippen molar-refractivity contribution in [2.45, 2.75) is 0 Å². The van der Waals surface area contributed by atoms with Crippen LogP contribution in [0.3, 0.4) is 0 Å². The second-order valence-corrected chi connectivity index (χ2v) is 7.07. The van der Waals surface area contributed by atoms with Crippen LogP contribution in [0.4, 0.5) is 5.69 Å². The molecule has 0 spiro atoms. The highest BCUT2D eigenvalue weighted by Gasteiger charge is 2.20. The number of anilines is 1. The number of rotatable bonds is 6. The molecule has 0 saturated carbocycles. The van der Waals surface area contributed by atoms with Crippen molar-refractivity contribution in [2.75, 3.05) is 52.8 Å². The van der Waals surface area contributed by atoms with Gasteiger partial charge in [-0.15, -0.1) is 0 Å². The van der Waals surface area contributed by atoms with E-state index < -0.39 is 0 Å². The number of nitrogens with one attached hydrogen (secondary N) is 1. The molecular formula is C23H27N3O4. The Hall–Kier alpha value is -3.32. The number of carbonyl (C=O) groups is 2. The monoisotopic (exact) mass is 409 g/mol. The van der Waals surface area contributed by atoms with Crippen molar-refractivity contribution in [3.63, 3.8) is 0 Å². The molecule has 2 aromatic carbocycles. The predicted molar refractivity (Wildman–Crippen MR) is 117 cm³/mol. The standard InChI is InChI=1S/C23H27N3O4/c1-25-13-15-26(16-14-25)23(28)17-7-9-18(10-8-17)24-22(27)12-11-19-20(29-2)5-4-6-21(19)30-3/h4-12H,13-16H2,1-3H3,(H,24,27)/b12-11+. The summed E-state index contributed by atoms with van der Waals surface area (Å²) in [7, 11) is 5.19. The molecule has 7 nitrogen and oxygen atoms in total. The molecule has 0 radical (unpaired) electrons. The Morgan fingerprint density at radius 3 is 2.10 bits per heavy atom. The second-order valence-electron chi connectivity index (χ2n) is 7.07. The number of piperazine rings is 1. The number of likely N-dealkylation sites (N-methyl/N-ethyl adjacent to an activating group) is 1. The molecule has 1 heterocycles. The fraction of sp³-hybridized carbons (Fsp3) is 0.304. The lowest BCUT2D eigenvalue weighted by atomic mass is 10.1. The second kappa shape index (κ2) is 9.93. The number of nitrogens with zero attached hydrogens (tertiary/aromatic N) is 2. The Kier molecular flexibility index (Phi) is 7.08. The van der Waals surface area contributed by atoms with E-state index in [2.05, 4.69) is 17.3 Å². The summed E-state index contributed by atoms with van der Waals surface area (Å²) in [6, 6.07) is 12.4. The maximum Gasteiger partial charge on any atom is 0.253 e. The summed E-state index contributed by atoms with van der Waals surface area (Å²) >= 11 is 0. The van der Waals surface area contributed by atoms with Crippen LogP contribution in [-0.4, -0.2) is 69.1 Å². The highest BCUT2D eigenvalue weighted by Crippen LogP contribution is 2.29. The van der Waals surface area contributed by atoms with E-state index in [0.29, 0.717) is 28.3 Å². The van der Waals surface area contributed by atoms with E-state index in [1.807, 2.05) is 11.0 Å². The van der Waals surface area contributed by atoms with Crippen molar-refractivity contribution in [3.8, 4) is 11.5 Å². The van der Waals surface area contributed by atoms with Gasteiger partial charge in [0.1, 0.15) is 11.5 Å². The quantitative estimate of drug-likeness (QED) is 0.743. The maximum atomic E-state index is 12.6. The summed E-state index contributed by atoms with van der Waals surface area (Å²) in [5.41, 5.74) is 1.92. The molecule has 1 fully saturated rings. The number of hydrogen-bond donors (Lipinski definition) is 1. The number of hydrogen-bond acceptors (Lipinski definition) is 5. The van der Waals surface area contributed by atoms with Gasteiger partial charge in [-0.05, 0) is 49.5 Å². The molecule has 2 amide bonds. The smallest absolute Gasteiger partial charge is 0.253 e. The maximum absolute atomic E-state index is 12.6. The molecule has 1 aliphatic heterocycles. The fourth-order valence-electron chi connectivity index (χ4n) is 3.28. The SMILES string of the molecule is COc1cccc(OC)c1/C=C/C(=O)Nc1ccc(C(=O)N2CCN(C)CC2)cc1. The van der Waals surface area contributed by atoms with Gasteiger partial charge in [0, 0.05) is 43.5 Å². The molecule has 3 rings (SSSR count). The zero-order valence-electron chi connectivity index (χ0n) is 17.6. The molecule has 7 heteroatoms. The number of ether oxygens (including phenoxy) is 2. The molecule has 30 heavy (non-hydrogen) atoms. The van der Waals surface area contributed by atoms with Crippen molar-refractivity contribution >= 4 is 23.6 Å².